The summed E-state index contributed by atoms with van der Waals surface area (Å²) in [7, 11) is -2.02. The summed E-state index contributed by atoms with van der Waals surface area (Å²) in [5.41, 5.74) is 1.81. The second-order valence-corrected chi connectivity index (χ2v) is 13.0. The van der Waals surface area contributed by atoms with E-state index in [4.69, 9.17) is 9.53 Å². The van der Waals surface area contributed by atoms with E-state index in [2.05, 4.69) is 25.2 Å². The highest BCUT2D eigenvalue weighted by atomic mass is 28.4. The quantitative estimate of drug-likeness (QED) is 0.383. The lowest BCUT2D eigenvalue weighted by molar-refractivity contribution is 0.0613. The van der Waals surface area contributed by atoms with E-state index in [0.717, 1.165) is 4.90 Å². The third-order valence-corrected chi connectivity index (χ3v) is 8.98. The number of hydrogen-bond donors (Lipinski definition) is 1. The zero-order valence-corrected chi connectivity index (χ0v) is 21.7. The monoisotopic (exact) mass is 516 g/mol. The molecule has 190 valence electrons. The molecular formula is C28H28N2O6Si. The lowest BCUT2D eigenvalue weighted by Gasteiger charge is -2.24. The van der Waals surface area contributed by atoms with Crippen LogP contribution >= 0.6 is 0 Å². The number of fused-ring (bicyclic) bond motifs is 2. The van der Waals surface area contributed by atoms with Crippen LogP contribution < -0.4 is 5.19 Å². The molecule has 4 amide bonds. The number of nitrogens with zero attached hydrogens (tertiary/aromatic N) is 2. The molecule has 0 radical (unpaired) electrons. The van der Waals surface area contributed by atoms with Gasteiger partial charge >= 0.3 is 0 Å². The Kier molecular flexibility index (Phi) is 7.77. The van der Waals surface area contributed by atoms with Gasteiger partial charge < -0.3 is 9.53 Å². The number of rotatable bonds is 7. The molecule has 3 aromatic carbocycles. The minimum Gasteiger partial charge on any atom is -0.411 e. The molecule has 3 aromatic rings. The summed E-state index contributed by atoms with van der Waals surface area (Å²) in [4.78, 5) is 50.1. The minimum atomic E-state index is -2.02. The highest BCUT2D eigenvalue weighted by Gasteiger charge is 2.36. The summed E-state index contributed by atoms with van der Waals surface area (Å²) in [6, 6.07) is 23.7. The first-order chi connectivity index (χ1) is 17.8. The number of β-amino-alcohol motifs (C(OH)–C–C–N with tert-alkyl or cyclic N) is 1. The normalized spacial score (nSPS) is 14.5. The molecule has 0 aromatic heterocycles. The lowest BCUT2D eigenvalue weighted by Crippen LogP contribution is -2.46. The van der Waals surface area contributed by atoms with Crippen LogP contribution in [0, 0.1) is 0 Å². The number of imide groups is 2. The first-order valence-corrected chi connectivity index (χ1v) is 14.9. The maximum atomic E-state index is 12.3. The van der Waals surface area contributed by atoms with Crippen LogP contribution in [-0.4, -0.2) is 73.2 Å². The van der Waals surface area contributed by atoms with Gasteiger partial charge in [-0.25, -0.2) is 0 Å². The molecule has 8 nitrogen and oxygen atoms in total. The summed E-state index contributed by atoms with van der Waals surface area (Å²) in [6.07, 6.45) is 0. The molecule has 0 fully saturated rings. The molecule has 37 heavy (non-hydrogen) atoms. The molecule has 0 atom stereocenters. The third kappa shape index (κ3) is 5.29. The molecule has 2 aliphatic heterocycles. The first-order valence-electron chi connectivity index (χ1n) is 12.0. The fourth-order valence-electron chi connectivity index (χ4n) is 4.30. The number of carbonyl (C=O) groups is 4. The van der Waals surface area contributed by atoms with Gasteiger partial charge in [-0.3, -0.25) is 29.0 Å². The molecule has 9 heteroatoms. The van der Waals surface area contributed by atoms with Gasteiger partial charge in [0.05, 0.1) is 48.6 Å². The van der Waals surface area contributed by atoms with E-state index in [1.54, 1.807) is 48.5 Å². The van der Waals surface area contributed by atoms with Crippen molar-refractivity contribution in [3.8, 4) is 0 Å². The van der Waals surface area contributed by atoms with E-state index in [0.29, 0.717) is 28.9 Å². The fourth-order valence-corrected chi connectivity index (χ4v) is 6.06. The lowest BCUT2D eigenvalue weighted by atomic mass is 10.1. The Balaban J connectivity index is 0.000000195. The van der Waals surface area contributed by atoms with Crippen LogP contribution in [-0.2, 0) is 4.43 Å². The van der Waals surface area contributed by atoms with Gasteiger partial charge in [-0.1, -0.05) is 54.6 Å². The smallest absolute Gasteiger partial charge is 0.261 e. The number of benzene rings is 3. The van der Waals surface area contributed by atoms with Gasteiger partial charge in [0.15, 0.2) is 0 Å². The van der Waals surface area contributed by atoms with Crippen LogP contribution in [0.2, 0.25) is 13.1 Å². The predicted octanol–water partition coefficient (Wildman–Crippen LogP) is 2.69. The summed E-state index contributed by atoms with van der Waals surface area (Å²) < 4.78 is 6.07. The second-order valence-electron chi connectivity index (χ2n) is 9.06. The van der Waals surface area contributed by atoms with E-state index in [1.807, 2.05) is 18.2 Å². The van der Waals surface area contributed by atoms with Crippen LogP contribution in [0.25, 0.3) is 0 Å². The number of aliphatic hydroxyl groups excluding tert-OH is 1. The van der Waals surface area contributed by atoms with Gasteiger partial charge in [-0.2, -0.15) is 0 Å². The standard InChI is InChI=1S/C18H19NO3Si.C10H9NO3/c1-23(2,14-8-4-3-5-9-14)22-13-12-19-17(20)15-10-6-7-11-16(15)18(19)21;12-6-5-11-9(13)7-3-1-2-4-8(7)10(11)14/h3-11H,12-13H2,1-2H3;1-4,12H,5-6H2. The van der Waals surface area contributed by atoms with E-state index in [-0.39, 0.29) is 43.3 Å². The Bertz CT molecular complexity index is 1270. The second kappa shape index (κ2) is 11.0. The maximum absolute atomic E-state index is 12.3. The Labute approximate surface area is 216 Å². The summed E-state index contributed by atoms with van der Waals surface area (Å²) in [6.45, 7) is 4.74. The number of carbonyl (C=O) groups excluding carboxylic acids is 4. The average molecular weight is 517 g/mol. The van der Waals surface area contributed by atoms with Crippen molar-refractivity contribution in [2.75, 3.05) is 26.3 Å². The van der Waals surface area contributed by atoms with Gasteiger partial charge in [-0.15, -0.1) is 0 Å². The van der Waals surface area contributed by atoms with Crippen molar-refractivity contribution >= 4 is 37.1 Å². The molecule has 0 bridgehead atoms. The van der Waals surface area contributed by atoms with Crippen molar-refractivity contribution in [3.05, 3.63) is 101 Å². The number of hydrogen-bond acceptors (Lipinski definition) is 6. The van der Waals surface area contributed by atoms with Crippen molar-refractivity contribution in [2.24, 2.45) is 0 Å². The molecular weight excluding hydrogens is 488 g/mol. The summed E-state index contributed by atoms with van der Waals surface area (Å²) >= 11 is 0. The largest absolute Gasteiger partial charge is 0.411 e. The SMILES string of the molecule is C[Si](C)(OCCN1C(=O)c2ccccc2C1=O)c1ccccc1.O=C1c2ccccc2C(=O)N1CCO. The van der Waals surface area contributed by atoms with Crippen molar-refractivity contribution in [3.63, 3.8) is 0 Å². The van der Waals surface area contributed by atoms with Crippen LogP contribution in [0.1, 0.15) is 41.4 Å². The van der Waals surface area contributed by atoms with Crippen molar-refractivity contribution in [2.45, 2.75) is 13.1 Å². The van der Waals surface area contributed by atoms with E-state index >= 15 is 0 Å². The van der Waals surface area contributed by atoms with Crippen LogP contribution in [0.4, 0.5) is 0 Å². The molecule has 0 unspecified atom stereocenters. The molecule has 0 spiro atoms. The van der Waals surface area contributed by atoms with Gasteiger partial charge in [0.25, 0.3) is 23.6 Å². The predicted molar refractivity (Wildman–Crippen MR) is 140 cm³/mol. The number of aliphatic hydroxyl groups is 1. The Morgan fingerprint density at radius 1 is 0.622 bits per heavy atom. The van der Waals surface area contributed by atoms with E-state index in [1.165, 1.54) is 10.1 Å². The molecule has 1 N–H and O–H groups in total. The zero-order chi connectivity index (χ0) is 26.6. The molecule has 5 rings (SSSR count). The van der Waals surface area contributed by atoms with Gasteiger partial charge in [0.2, 0.25) is 8.32 Å². The van der Waals surface area contributed by atoms with Crippen LogP contribution in [0.3, 0.4) is 0 Å². The van der Waals surface area contributed by atoms with Gasteiger partial charge in [-0.05, 0) is 42.5 Å². The number of amides is 4. The maximum Gasteiger partial charge on any atom is 0.261 e. The minimum absolute atomic E-state index is 0.0619. The molecule has 2 heterocycles. The summed E-state index contributed by atoms with van der Waals surface area (Å²) in [5, 5.41) is 9.89. The molecule has 0 saturated carbocycles. The molecule has 0 saturated heterocycles. The zero-order valence-electron chi connectivity index (χ0n) is 20.7. The topological polar surface area (TPSA) is 104 Å². The van der Waals surface area contributed by atoms with Gasteiger partial charge in [0.1, 0.15) is 0 Å². The molecule has 2 aliphatic rings. The first kappa shape index (κ1) is 26.1. The van der Waals surface area contributed by atoms with Crippen LogP contribution in [0.15, 0.2) is 78.9 Å². The van der Waals surface area contributed by atoms with Crippen molar-refractivity contribution < 1.29 is 28.7 Å². The Hall–Kier alpha value is -3.92. The third-order valence-electron chi connectivity index (χ3n) is 6.33. The van der Waals surface area contributed by atoms with Crippen molar-refractivity contribution in [1.82, 2.24) is 9.80 Å². The molecule has 0 aliphatic carbocycles. The van der Waals surface area contributed by atoms with Gasteiger partial charge in [0, 0.05) is 0 Å². The van der Waals surface area contributed by atoms with E-state index in [9.17, 15) is 19.2 Å². The Morgan fingerprint density at radius 3 is 1.41 bits per heavy atom. The Morgan fingerprint density at radius 2 is 1.00 bits per heavy atom. The summed E-state index contributed by atoms with van der Waals surface area (Å²) in [5.74, 6) is -1.10. The fraction of sp³-hybridized carbons (Fsp3) is 0.214. The average Bonchev–Trinajstić information content (AvgIpc) is 3.30. The van der Waals surface area contributed by atoms with Crippen LogP contribution in [0.5, 0.6) is 0 Å². The van der Waals surface area contributed by atoms with Crippen molar-refractivity contribution in [1.29, 1.82) is 0 Å². The highest BCUT2D eigenvalue weighted by Crippen LogP contribution is 2.23. The highest BCUT2D eigenvalue weighted by molar-refractivity contribution is 6.84. The van der Waals surface area contributed by atoms with E-state index < -0.39 is 8.32 Å².